The second-order valence-corrected chi connectivity index (χ2v) is 10.6. The molecule has 1 aromatic rings. The zero-order valence-electron chi connectivity index (χ0n) is 19.4. The summed E-state index contributed by atoms with van der Waals surface area (Å²) in [4.78, 5) is 25.9. The Morgan fingerprint density at radius 3 is 1.30 bits per heavy atom. The summed E-state index contributed by atoms with van der Waals surface area (Å²) in [5, 5.41) is -0.709. The number of hydrogen-bond acceptors (Lipinski definition) is 4. The minimum atomic E-state index is -0.354. The summed E-state index contributed by atoms with van der Waals surface area (Å²) in [6.45, 7) is 8.94. The first kappa shape index (κ1) is 27.3. The van der Waals surface area contributed by atoms with Crippen LogP contribution in [-0.2, 0) is 0 Å². The maximum atomic E-state index is 13.0. The molecule has 2 unspecified atom stereocenters. The van der Waals surface area contributed by atoms with E-state index < -0.39 is 0 Å². The Hall–Kier alpha value is -0.740. The molecule has 0 fully saturated rings. The number of carbonyl (C=O) groups excluding carboxylic acids is 2. The standard InChI is InChI=1S/C26H42O2S2/c1-19(2)13-7-5-9-17-23(29)25(27)21-15-11-12-16-22(21)26(28)24(30)18-10-6-8-14-20(3)4/h11-12,15-16,19-20,23-24,29-30H,5-10,13-14,17-18H2,1-4H3. The molecule has 0 aliphatic carbocycles. The van der Waals surface area contributed by atoms with Gasteiger partial charge in [-0.25, -0.2) is 0 Å². The fourth-order valence-corrected chi connectivity index (χ4v) is 4.31. The maximum Gasteiger partial charge on any atom is 0.176 e. The van der Waals surface area contributed by atoms with Crippen LogP contribution >= 0.6 is 25.3 Å². The van der Waals surface area contributed by atoms with Gasteiger partial charge in [0.1, 0.15) is 0 Å². The summed E-state index contributed by atoms with van der Waals surface area (Å²) in [5.74, 6) is 1.37. The van der Waals surface area contributed by atoms with Gasteiger partial charge in [0.15, 0.2) is 11.6 Å². The summed E-state index contributed by atoms with van der Waals surface area (Å²) in [6.07, 6.45) is 10.6. The Balaban J connectivity index is 2.60. The number of ketones is 2. The molecule has 0 N–H and O–H groups in total. The van der Waals surface area contributed by atoms with Crippen LogP contribution in [0.2, 0.25) is 0 Å². The molecule has 170 valence electrons. The van der Waals surface area contributed by atoms with Crippen LogP contribution < -0.4 is 0 Å². The first-order valence-electron chi connectivity index (χ1n) is 11.8. The summed E-state index contributed by atoms with van der Waals surface area (Å²) < 4.78 is 0. The number of thiol groups is 2. The molecular weight excluding hydrogens is 408 g/mol. The maximum absolute atomic E-state index is 13.0. The van der Waals surface area contributed by atoms with Gasteiger partial charge in [-0.05, 0) is 24.7 Å². The smallest absolute Gasteiger partial charge is 0.176 e. The van der Waals surface area contributed by atoms with E-state index in [0.29, 0.717) is 11.1 Å². The van der Waals surface area contributed by atoms with Crippen molar-refractivity contribution >= 4 is 36.8 Å². The van der Waals surface area contributed by atoms with Crippen molar-refractivity contribution in [1.82, 2.24) is 0 Å². The quantitative estimate of drug-likeness (QED) is 0.153. The minimum absolute atomic E-state index is 0.0383. The van der Waals surface area contributed by atoms with Crippen molar-refractivity contribution in [3.63, 3.8) is 0 Å². The molecule has 4 heteroatoms. The van der Waals surface area contributed by atoms with Crippen molar-refractivity contribution in [2.24, 2.45) is 11.8 Å². The molecule has 2 atom stereocenters. The van der Waals surface area contributed by atoms with Gasteiger partial charge in [0.25, 0.3) is 0 Å². The summed E-state index contributed by atoms with van der Waals surface area (Å²) in [7, 11) is 0. The molecular formula is C26H42O2S2. The highest BCUT2D eigenvalue weighted by Gasteiger charge is 2.24. The van der Waals surface area contributed by atoms with E-state index in [1.165, 1.54) is 25.7 Å². The van der Waals surface area contributed by atoms with E-state index in [9.17, 15) is 9.59 Å². The van der Waals surface area contributed by atoms with E-state index in [1.807, 2.05) is 12.1 Å². The van der Waals surface area contributed by atoms with E-state index in [2.05, 4.69) is 53.0 Å². The lowest BCUT2D eigenvalue weighted by molar-refractivity contribution is 0.0953. The van der Waals surface area contributed by atoms with E-state index in [0.717, 1.165) is 50.4 Å². The predicted molar refractivity (Wildman–Crippen MR) is 136 cm³/mol. The third kappa shape index (κ3) is 10.5. The van der Waals surface area contributed by atoms with Crippen molar-refractivity contribution in [2.75, 3.05) is 0 Å². The Bertz CT molecular complexity index is 585. The highest BCUT2D eigenvalue weighted by Crippen LogP contribution is 2.23. The molecule has 0 aliphatic rings. The Morgan fingerprint density at radius 2 is 0.967 bits per heavy atom. The number of benzene rings is 1. The molecule has 0 saturated carbocycles. The lowest BCUT2D eigenvalue weighted by Gasteiger charge is -2.15. The number of Topliss-reactive ketones (excluding diaryl/α,β-unsaturated/α-hetero) is 2. The van der Waals surface area contributed by atoms with Gasteiger partial charge >= 0.3 is 0 Å². The average molecular weight is 451 g/mol. The van der Waals surface area contributed by atoms with Crippen molar-refractivity contribution in [3.8, 4) is 0 Å². The Labute approximate surface area is 195 Å². The monoisotopic (exact) mass is 450 g/mol. The van der Waals surface area contributed by atoms with Gasteiger partial charge in [-0.1, -0.05) is 103 Å². The normalized spacial score (nSPS) is 13.6. The molecule has 2 nitrogen and oxygen atoms in total. The summed E-state index contributed by atoms with van der Waals surface area (Å²) in [5.41, 5.74) is 1.01. The zero-order valence-corrected chi connectivity index (χ0v) is 21.2. The van der Waals surface area contributed by atoms with Crippen LogP contribution in [-0.4, -0.2) is 22.1 Å². The zero-order chi connectivity index (χ0) is 22.5. The molecule has 0 spiro atoms. The first-order chi connectivity index (χ1) is 14.2. The lowest BCUT2D eigenvalue weighted by Crippen LogP contribution is -2.22. The summed E-state index contributed by atoms with van der Waals surface area (Å²) in [6, 6.07) is 7.18. The van der Waals surface area contributed by atoms with Gasteiger partial charge in [0.2, 0.25) is 0 Å². The van der Waals surface area contributed by atoms with Crippen molar-refractivity contribution in [2.45, 2.75) is 102 Å². The highest BCUT2D eigenvalue weighted by atomic mass is 32.1. The van der Waals surface area contributed by atoms with Crippen LogP contribution in [0, 0.1) is 11.8 Å². The van der Waals surface area contributed by atoms with Gasteiger partial charge in [-0.3, -0.25) is 9.59 Å². The van der Waals surface area contributed by atoms with Crippen LogP contribution in [0.4, 0.5) is 0 Å². The topological polar surface area (TPSA) is 34.1 Å². The van der Waals surface area contributed by atoms with Gasteiger partial charge in [0.05, 0.1) is 10.5 Å². The molecule has 1 rings (SSSR count). The first-order valence-corrected chi connectivity index (χ1v) is 12.8. The van der Waals surface area contributed by atoms with E-state index >= 15 is 0 Å². The van der Waals surface area contributed by atoms with Crippen LogP contribution in [0.5, 0.6) is 0 Å². The van der Waals surface area contributed by atoms with Crippen LogP contribution in [0.25, 0.3) is 0 Å². The van der Waals surface area contributed by atoms with Gasteiger partial charge < -0.3 is 0 Å². The van der Waals surface area contributed by atoms with Gasteiger partial charge in [0, 0.05) is 11.1 Å². The molecule has 0 radical (unpaired) electrons. The Morgan fingerprint density at radius 1 is 0.633 bits per heavy atom. The molecule has 0 aromatic heterocycles. The molecule has 30 heavy (non-hydrogen) atoms. The fraction of sp³-hybridized carbons (Fsp3) is 0.692. The molecule has 0 saturated heterocycles. The van der Waals surface area contributed by atoms with E-state index in [1.54, 1.807) is 12.1 Å². The Kier molecular flexibility index (Phi) is 13.8. The third-order valence-electron chi connectivity index (χ3n) is 5.58. The lowest BCUT2D eigenvalue weighted by atomic mass is 9.93. The number of carbonyl (C=O) groups is 2. The van der Waals surface area contributed by atoms with Crippen molar-refractivity contribution in [3.05, 3.63) is 35.4 Å². The number of rotatable bonds is 16. The fourth-order valence-electron chi connectivity index (χ4n) is 3.67. The highest BCUT2D eigenvalue weighted by molar-refractivity contribution is 7.82. The van der Waals surface area contributed by atoms with Crippen LogP contribution in [0.3, 0.4) is 0 Å². The van der Waals surface area contributed by atoms with Crippen molar-refractivity contribution in [1.29, 1.82) is 0 Å². The summed E-state index contributed by atoms with van der Waals surface area (Å²) >= 11 is 9.13. The minimum Gasteiger partial charge on any atom is -0.293 e. The molecule has 0 amide bonds. The SMILES string of the molecule is CC(C)CCCCCC(S)C(=O)c1ccccc1C(=O)C(S)CCCCCC(C)C. The van der Waals surface area contributed by atoms with Gasteiger partial charge in [-0.2, -0.15) is 25.3 Å². The van der Waals surface area contributed by atoms with Crippen LogP contribution in [0.15, 0.2) is 24.3 Å². The van der Waals surface area contributed by atoms with Gasteiger partial charge in [-0.15, -0.1) is 0 Å². The second-order valence-electron chi connectivity index (χ2n) is 9.37. The van der Waals surface area contributed by atoms with E-state index in [4.69, 9.17) is 0 Å². The number of unbranched alkanes of at least 4 members (excludes halogenated alkanes) is 4. The second kappa shape index (κ2) is 15.1. The molecule has 0 aliphatic heterocycles. The largest absolute Gasteiger partial charge is 0.293 e. The third-order valence-corrected chi connectivity index (χ3v) is 6.57. The number of hydrogen-bond donors (Lipinski definition) is 2. The van der Waals surface area contributed by atoms with Crippen LogP contribution in [0.1, 0.15) is 113 Å². The predicted octanol–water partition coefficient (Wildman–Crippen LogP) is 7.86. The average Bonchev–Trinajstić information content (AvgIpc) is 2.71. The molecule has 0 bridgehead atoms. The van der Waals surface area contributed by atoms with E-state index in [-0.39, 0.29) is 22.1 Å². The van der Waals surface area contributed by atoms with Crippen molar-refractivity contribution < 1.29 is 9.59 Å². The molecule has 0 heterocycles. The molecule has 1 aromatic carbocycles.